The summed E-state index contributed by atoms with van der Waals surface area (Å²) in [5.41, 5.74) is 0. The van der Waals surface area contributed by atoms with Gasteiger partial charge in [-0.05, 0) is 57.8 Å². The molecule has 0 rings (SSSR count). The highest BCUT2D eigenvalue weighted by Crippen LogP contribution is 2.17. The van der Waals surface area contributed by atoms with Gasteiger partial charge < -0.3 is 20.3 Å². The Morgan fingerprint density at radius 1 is 0.415 bits per heavy atom. The minimum atomic E-state index is -0.849. The first-order chi connectivity index (χ1) is 32.0. The van der Waals surface area contributed by atoms with Crippen LogP contribution >= 0.6 is 0 Å². The van der Waals surface area contributed by atoms with Gasteiger partial charge in [0.1, 0.15) is 0 Å². The number of hydrogen-bond acceptors (Lipinski definition) is 5. The Labute approximate surface area is 405 Å². The number of aliphatic hydroxyl groups excluding tert-OH is 2. The number of esters is 1. The van der Waals surface area contributed by atoms with Gasteiger partial charge in [-0.15, -0.1) is 0 Å². The van der Waals surface area contributed by atoms with Crippen LogP contribution in [0.1, 0.15) is 316 Å². The van der Waals surface area contributed by atoms with E-state index in [4.69, 9.17) is 4.74 Å². The molecular weight excluding hydrogens is 803 g/mol. The number of amides is 1. The summed E-state index contributed by atoms with van der Waals surface area (Å²) in [4.78, 5) is 24.5. The lowest BCUT2D eigenvalue weighted by Gasteiger charge is -2.20. The molecule has 2 atom stereocenters. The van der Waals surface area contributed by atoms with Gasteiger partial charge in [-0.2, -0.15) is 0 Å². The van der Waals surface area contributed by atoms with Crippen LogP contribution in [0, 0.1) is 0 Å². The van der Waals surface area contributed by atoms with Crippen LogP contribution in [-0.2, 0) is 14.3 Å². The van der Waals surface area contributed by atoms with Crippen molar-refractivity contribution in [3.8, 4) is 0 Å². The van der Waals surface area contributed by atoms with Crippen molar-refractivity contribution in [3.05, 3.63) is 24.3 Å². The van der Waals surface area contributed by atoms with Gasteiger partial charge in [0.15, 0.2) is 0 Å². The molecule has 0 saturated heterocycles. The summed E-state index contributed by atoms with van der Waals surface area (Å²) in [7, 11) is 0. The molecule has 1 amide bonds. The number of carbonyl (C=O) groups is 2. The number of aliphatic hydroxyl groups is 2. The molecule has 3 N–H and O–H groups in total. The molecule has 0 fully saturated rings. The van der Waals surface area contributed by atoms with Gasteiger partial charge in [0.25, 0.3) is 0 Å². The number of allylic oxidation sites excluding steroid dienone is 3. The van der Waals surface area contributed by atoms with Crippen LogP contribution in [0.2, 0.25) is 0 Å². The predicted octanol–water partition coefficient (Wildman–Crippen LogP) is 17.9. The summed E-state index contributed by atoms with van der Waals surface area (Å²) in [6.07, 6.45) is 66.3. The fourth-order valence-electron chi connectivity index (χ4n) is 8.98. The van der Waals surface area contributed by atoms with Crippen LogP contribution in [0.25, 0.3) is 0 Å². The zero-order valence-corrected chi connectivity index (χ0v) is 43.7. The van der Waals surface area contributed by atoms with E-state index in [1.807, 2.05) is 6.08 Å². The molecular formula is C59H113NO5. The summed E-state index contributed by atoms with van der Waals surface area (Å²) < 4.78 is 5.49. The molecule has 0 aliphatic rings. The molecule has 2 unspecified atom stereocenters. The molecule has 384 valence electrons. The standard InChI is InChI=1S/C59H113NO5/c1-3-5-7-9-11-13-15-16-17-18-23-26-29-33-37-41-45-49-53-59(64)65-54-50-46-42-38-34-30-27-24-21-19-20-22-25-28-32-36-40-44-48-52-58(63)60-56(55-61)57(62)51-47-43-39-35-31-14-12-10-8-6-4-2/h19-20,47,51,56-57,61-62H,3-18,21-46,48-50,52-55H2,1-2H3,(H,60,63)/b20-19-,51-47+. The van der Waals surface area contributed by atoms with Crippen molar-refractivity contribution in [1.29, 1.82) is 0 Å². The van der Waals surface area contributed by atoms with E-state index in [0.29, 0.717) is 19.4 Å². The Bertz CT molecular complexity index is 1010. The minimum Gasteiger partial charge on any atom is -0.466 e. The highest BCUT2D eigenvalue weighted by atomic mass is 16.5. The zero-order chi connectivity index (χ0) is 47.2. The Morgan fingerprint density at radius 2 is 0.723 bits per heavy atom. The molecule has 0 spiro atoms. The molecule has 6 nitrogen and oxygen atoms in total. The van der Waals surface area contributed by atoms with E-state index in [1.165, 1.54) is 244 Å². The second-order valence-corrected chi connectivity index (χ2v) is 20.0. The maximum atomic E-state index is 12.4. The topological polar surface area (TPSA) is 95.9 Å². The molecule has 0 aliphatic heterocycles. The number of rotatable bonds is 54. The van der Waals surface area contributed by atoms with Gasteiger partial charge in [0.05, 0.1) is 25.4 Å². The molecule has 0 bridgehead atoms. The van der Waals surface area contributed by atoms with E-state index >= 15 is 0 Å². The Kier molecular flexibility index (Phi) is 53.5. The monoisotopic (exact) mass is 916 g/mol. The first-order valence-corrected chi connectivity index (χ1v) is 29.1. The smallest absolute Gasteiger partial charge is 0.305 e. The van der Waals surface area contributed by atoms with Crippen molar-refractivity contribution in [2.75, 3.05) is 13.2 Å². The van der Waals surface area contributed by atoms with Gasteiger partial charge in [-0.25, -0.2) is 0 Å². The number of nitrogens with one attached hydrogen (secondary N) is 1. The zero-order valence-electron chi connectivity index (χ0n) is 43.7. The van der Waals surface area contributed by atoms with Crippen molar-refractivity contribution < 1.29 is 24.5 Å². The van der Waals surface area contributed by atoms with Crippen molar-refractivity contribution in [2.45, 2.75) is 328 Å². The van der Waals surface area contributed by atoms with Gasteiger partial charge in [-0.3, -0.25) is 9.59 Å². The molecule has 0 saturated carbocycles. The highest BCUT2D eigenvalue weighted by Gasteiger charge is 2.18. The fraction of sp³-hybridized carbons (Fsp3) is 0.898. The Hall–Kier alpha value is -1.66. The van der Waals surface area contributed by atoms with Crippen LogP contribution in [0.3, 0.4) is 0 Å². The van der Waals surface area contributed by atoms with E-state index in [-0.39, 0.29) is 18.5 Å². The first kappa shape index (κ1) is 63.3. The maximum absolute atomic E-state index is 12.4. The highest BCUT2D eigenvalue weighted by molar-refractivity contribution is 5.76. The first-order valence-electron chi connectivity index (χ1n) is 29.1. The van der Waals surface area contributed by atoms with E-state index < -0.39 is 12.1 Å². The number of ether oxygens (including phenoxy) is 1. The van der Waals surface area contributed by atoms with Crippen LogP contribution < -0.4 is 5.32 Å². The third kappa shape index (κ3) is 51.6. The number of hydrogen-bond donors (Lipinski definition) is 3. The van der Waals surface area contributed by atoms with Gasteiger partial charge in [-0.1, -0.05) is 269 Å². The number of carbonyl (C=O) groups excluding carboxylic acids is 2. The summed E-state index contributed by atoms with van der Waals surface area (Å²) >= 11 is 0. The molecule has 65 heavy (non-hydrogen) atoms. The molecule has 0 aromatic heterocycles. The van der Waals surface area contributed by atoms with E-state index in [9.17, 15) is 19.8 Å². The van der Waals surface area contributed by atoms with Gasteiger partial charge in [0, 0.05) is 12.8 Å². The van der Waals surface area contributed by atoms with Crippen molar-refractivity contribution in [1.82, 2.24) is 5.32 Å². The molecule has 0 aliphatic carbocycles. The third-order valence-electron chi connectivity index (χ3n) is 13.5. The molecule has 0 aromatic carbocycles. The van der Waals surface area contributed by atoms with Crippen molar-refractivity contribution >= 4 is 11.9 Å². The van der Waals surface area contributed by atoms with Crippen LogP contribution in [-0.4, -0.2) is 47.4 Å². The van der Waals surface area contributed by atoms with E-state index in [0.717, 1.165) is 44.9 Å². The lowest BCUT2D eigenvalue weighted by atomic mass is 10.0. The normalized spacial score (nSPS) is 12.7. The predicted molar refractivity (Wildman–Crippen MR) is 283 cm³/mol. The Balaban J connectivity index is 3.41. The molecule has 6 heteroatoms. The summed E-state index contributed by atoms with van der Waals surface area (Å²) in [5, 5.41) is 23.0. The summed E-state index contributed by atoms with van der Waals surface area (Å²) in [6, 6.07) is -0.633. The van der Waals surface area contributed by atoms with Crippen LogP contribution in [0.15, 0.2) is 24.3 Å². The van der Waals surface area contributed by atoms with E-state index in [1.54, 1.807) is 6.08 Å². The Morgan fingerprint density at radius 3 is 1.09 bits per heavy atom. The van der Waals surface area contributed by atoms with E-state index in [2.05, 4.69) is 31.3 Å². The number of unbranched alkanes of at least 4 members (excludes halogenated alkanes) is 41. The van der Waals surface area contributed by atoms with Gasteiger partial charge >= 0.3 is 5.97 Å². The largest absolute Gasteiger partial charge is 0.466 e. The van der Waals surface area contributed by atoms with Crippen LogP contribution in [0.4, 0.5) is 0 Å². The minimum absolute atomic E-state index is 0.00748. The maximum Gasteiger partial charge on any atom is 0.305 e. The lowest BCUT2D eigenvalue weighted by molar-refractivity contribution is -0.143. The summed E-state index contributed by atoms with van der Waals surface area (Å²) in [6.45, 7) is 4.89. The fourth-order valence-corrected chi connectivity index (χ4v) is 8.98. The third-order valence-corrected chi connectivity index (χ3v) is 13.5. The second kappa shape index (κ2) is 54.9. The van der Waals surface area contributed by atoms with Gasteiger partial charge in [0.2, 0.25) is 5.91 Å². The summed E-state index contributed by atoms with van der Waals surface area (Å²) in [5.74, 6) is -0.0709. The average Bonchev–Trinajstić information content (AvgIpc) is 3.31. The lowest BCUT2D eigenvalue weighted by Crippen LogP contribution is -2.45. The average molecular weight is 917 g/mol. The van der Waals surface area contributed by atoms with Crippen molar-refractivity contribution in [2.24, 2.45) is 0 Å². The molecule has 0 heterocycles. The second-order valence-electron chi connectivity index (χ2n) is 20.0. The molecule has 0 radical (unpaired) electrons. The molecule has 0 aromatic rings. The van der Waals surface area contributed by atoms with Crippen molar-refractivity contribution in [3.63, 3.8) is 0 Å². The quantitative estimate of drug-likeness (QED) is 0.0321. The SMILES string of the molecule is CCCCCCCCCCC/C=C/C(O)C(CO)NC(=O)CCCCCCCCC/C=C\CCCCCCCCCCOC(=O)CCCCCCCCCCCCCCCCCCCC. The van der Waals surface area contributed by atoms with Crippen LogP contribution in [0.5, 0.6) is 0 Å².